The number of halogens is 1. The van der Waals surface area contributed by atoms with Crippen LogP contribution < -0.4 is 16.0 Å². The van der Waals surface area contributed by atoms with Gasteiger partial charge in [-0.15, -0.1) is 0 Å². The van der Waals surface area contributed by atoms with Crippen LogP contribution in [0.15, 0.2) is 28.2 Å². The van der Waals surface area contributed by atoms with Crippen LogP contribution in [0.4, 0.5) is 5.69 Å². The molecule has 4 bridgehead atoms. The molecule has 5 aliphatic rings. The Hall–Kier alpha value is -1.92. The third-order valence-electron chi connectivity index (χ3n) is 7.72. The predicted octanol–water partition coefficient (Wildman–Crippen LogP) is 4.16. The molecule has 0 radical (unpaired) electrons. The highest BCUT2D eigenvalue weighted by Crippen LogP contribution is 2.53. The van der Waals surface area contributed by atoms with Gasteiger partial charge in [0.15, 0.2) is 0 Å². The molecular formula is C25H34ClN5O. The molecule has 0 aromatic heterocycles. The van der Waals surface area contributed by atoms with Crippen molar-refractivity contribution in [3.05, 3.63) is 28.8 Å². The molecule has 0 spiro atoms. The molecule has 4 fully saturated rings. The first kappa shape index (κ1) is 21.9. The molecule has 1 amide bonds. The van der Waals surface area contributed by atoms with Crippen LogP contribution in [0.2, 0.25) is 5.02 Å². The van der Waals surface area contributed by atoms with Gasteiger partial charge in [0, 0.05) is 44.0 Å². The number of carbonyl (C=O) groups excluding carboxylic acids is 1. The Morgan fingerprint density at radius 2 is 1.81 bits per heavy atom. The molecule has 1 atom stereocenters. The van der Waals surface area contributed by atoms with Crippen molar-refractivity contribution in [3.8, 4) is 0 Å². The fourth-order valence-electron chi connectivity index (χ4n) is 6.47. The third kappa shape index (κ3) is 4.86. The average molecular weight is 456 g/mol. The fraction of sp³-hybridized carbons (Fsp3) is 0.640. The van der Waals surface area contributed by atoms with Crippen molar-refractivity contribution in [2.24, 2.45) is 33.7 Å². The maximum atomic E-state index is 13.1. The van der Waals surface area contributed by atoms with Crippen molar-refractivity contribution in [3.63, 3.8) is 0 Å². The van der Waals surface area contributed by atoms with Crippen molar-refractivity contribution in [2.45, 2.75) is 57.7 Å². The van der Waals surface area contributed by atoms with Gasteiger partial charge >= 0.3 is 0 Å². The maximum Gasteiger partial charge on any atom is 0.253 e. The summed E-state index contributed by atoms with van der Waals surface area (Å²) >= 11 is 6.41. The zero-order valence-corrected chi connectivity index (χ0v) is 19.6. The number of nitrogens with zero attached hydrogens (tertiary/aromatic N) is 2. The van der Waals surface area contributed by atoms with Crippen LogP contribution in [0, 0.1) is 23.7 Å². The highest BCUT2D eigenvalue weighted by molar-refractivity contribution is 6.34. The molecule has 1 aromatic carbocycles. The normalized spacial score (nSPS) is 32.2. The van der Waals surface area contributed by atoms with Crippen LogP contribution in [-0.2, 0) is 0 Å². The van der Waals surface area contributed by atoms with E-state index in [2.05, 4.69) is 25.9 Å². The van der Waals surface area contributed by atoms with E-state index >= 15 is 0 Å². The number of hydrogen-bond donors (Lipinski definition) is 3. The zero-order chi connectivity index (χ0) is 22.1. The summed E-state index contributed by atoms with van der Waals surface area (Å²) in [5, 5.41) is 10.7. The predicted molar refractivity (Wildman–Crippen MR) is 131 cm³/mol. The van der Waals surface area contributed by atoms with Crippen LogP contribution in [0.25, 0.3) is 0 Å². The third-order valence-corrected chi connectivity index (χ3v) is 8.05. The van der Waals surface area contributed by atoms with E-state index in [1.165, 1.54) is 32.1 Å². The van der Waals surface area contributed by atoms with Gasteiger partial charge in [0.05, 0.1) is 16.3 Å². The van der Waals surface area contributed by atoms with Gasteiger partial charge in [0.1, 0.15) is 6.17 Å². The number of carbonyl (C=O) groups is 1. The first-order valence-electron chi connectivity index (χ1n) is 12.2. The molecule has 1 heterocycles. The number of benzene rings is 1. The van der Waals surface area contributed by atoms with Gasteiger partial charge in [0.2, 0.25) is 0 Å². The van der Waals surface area contributed by atoms with Gasteiger partial charge in [-0.05, 0) is 80.9 Å². The lowest BCUT2D eigenvalue weighted by atomic mass is 9.54. The molecular weight excluding hydrogens is 422 g/mol. The van der Waals surface area contributed by atoms with E-state index in [1.54, 1.807) is 0 Å². The van der Waals surface area contributed by atoms with E-state index in [1.807, 2.05) is 31.3 Å². The van der Waals surface area contributed by atoms with Crippen molar-refractivity contribution >= 4 is 35.1 Å². The second-order valence-corrected chi connectivity index (χ2v) is 10.5. The number of hydrogen-bond acceptors (Lipinski definition) is 5. The van der Waals surface area contributed by atoms with Gasteiger partial charge in [-0.2, -0.15) is 0 Å². The standard InChI is InChI=1S/C25H34ClN5O/c1-15-29-14-21(30-15)4-5-27-6-7-28-20-2-3-23(26)22(13-20)25(32)31-24-18-9-16-8-17(11-18)12-19(24)10-16/h2-3,13-19,24,27-28H,4-12H2,1H3,(H,31,32). The monoisotopic (exact) mass is 455 g/mol. The van der Waals surface area contributed by atoms with E-state index in [4.69, 9.17) is 11.6 Å². The summed E-state index contributed by atoms with van der Waals surface area (Å²) < 4.78 is 0. The van der Waals surface area contributed by atoms with E-state index in [9.17, 15) is 4.79 Å². The molecule has 4 aliphatic carbocycles. The van der Waals surface area contributed by atoms with Crippen molar-refractivity contribution in [1.29, 1.82) is 0 Å². The molecule has 7 heteroatoms. The van der Waals surface area contributed by atoms with Crippen LogP contribution >= 0.6 is 11.6 Å². The second kappa shape index (κ2) is 9.52. The first-order chi connectivity index (χ1) is 15.5. The Labute approximate surface area is 195 Å². The van der Waals surface area contributed by atoms with E-state index in [-0.39, 0.29) is 12.1 Å². The van der Waals surface area contributed by atoms with Gasteiger partial charge in [0.25, 0.3) is 5.91 Å². The molecule has 1 unspecified atom stereocenters. The number of aliphatic imine (C=N–C) groups is 2. The summed E-state index contributed by atoms with van der Waals surface area (Å²) in [6.07, 6.45) is 9.42. The molecule has 0 saturated heterocycles. The van der Waals surface area contributed by atoms with Crippen molar-refractivity contribution in [2.75, 3.05) is 25.0 Å². The van der Waals surface area contributed by atoms with Crippen LogP contribution in [-0.4, -0.2) is 49.7 Å². The molecule has 172 valence electrons. The Balaban J connectivity index is 1.10. The minimum atomic E-state index is -0.0255. The first-order valence-corrected chi connectivity index (χ1v) is 12.6. The molecule has 1 aliphatic heterocycles. The van der Waals surface area contributed by atoms with E-state index in [0.29, 0.717) is 28.5 Å². The lowest BCUT2D eigenvalue weighted by Gasteiger charge is -2.54. The molecule has 4 saturated carbocycles. The molecule has 3 N–H and O–H groups in total. The van der Waals surface area contributed by atoms with Gasteiger partial charge in [-0.3, -0.25) is 14.8 Å². The fourth-order valence-corrected chi connectivity index (χ4v) is 6.67. The maximum absolute atomic E-state index is 13.1. The number of rotatable bonds is 9. The molecule has 32 heavy (non-hydrogen) atoms. The summed E-state index contributed by atoms with van der Waals surface area (Å²) in [6, 6.07) is 5.97. The van der Waals surface area contributed by atoms with Crippen LogP contribution in [0.3, 0.4) is 0 Å². The van der Waals surface area contributed by atoms with E-state index < -0.39 is 0 Å². The Bertz CT molecular complexity index is 886. The number of nitrogens with one attached hydrogen (secondary N) is 3. The number of amides is 1. The highest BCUT2D eigenvalue weighted by atomic mass is 35.5. The van der Waals surface area contributed by atoms with Gasteiger partial charge in [-0.1, -0.05) is 11.6 Å². The molecule has 1 aromatic rings. The SMILES string of the molecule is CC1N=CC(CCNCCNc2ccc(Cl)c(C(=O)NC3C4CC5CC(C4)CC3C5)c2)=N1. The minimum Gasteiger partial charge on any atom is -0.384 e. The van der Waals surface area contributed by atoms with Crippen LogP contribution in [0.1, 0.15) is 55.8 Å². The molecule has 6 rings (SSSR count). The highest BCUT2D eigenvalue weighted by Gasteiger charge is 2.48. The topological polar surface area (TPSA) is 77.9 Å². The lowest BCUT2D eigenvalue weighted by Crippen LogP contribution is -2.55. The summed E-state index contributed by atoms with van der Waals surface area (Å²) in [6.45, 7) is 4.47. The smallest absolute Gasteiger partial charge is 0.253 e. The van der Waals surface area contributed by atoms with Crippen molar-refractivity contribution in [1.82, 2.24) is 10.6 Å². The van der Waals surface area contributed by atoms with Gasteiger partial charge in [-0.25, -0.2) is 0 Å². The largest absolute Gasteiger partial charge is 0.384 e. The van der Waals surface area contributed by atoms with E-state index in [0.717, 1.165) is 49.3 Å². The summed E-state index contributed by atoms with van der Waals surface area (Å²) in [5.41, 5.74) is 2.56. The zero-order valence-electron chi connectivity index (χ0n) is 18.8. The Morgan fingerprint density at radius 1 is 1.06 bits per heavy atom. The lowest BCUT2D eigenvalue weighted by molar-refractivity contribution is -0.0119. The van der Waals surface area contributed by atoms with Crippen molar-refractivity contribution < 1.29 is 4.79 Å². The Morgan fingerprint density at radius 3 is 2.50 bits per heavy atom. The minimum absolute atomic E-state index is 0.0255. The second-order valence-electron chi connectivity index (χ2n) is 10.1. The van der Waals surface area contributed by atoms with Crippen LogP contribution in [0.5, 0.6) is 0 Å². The summed E-state index contributed by atoms with van der Waals surface area (Å²) in [5.74, 6) is 3.09. The average Bonchev–Trinajstić information content (AvgIpc) is 3.18. The Kier molecular flexibility index (Phi) is 6.51. The van der Waals surface area contributed by atoms with Gasteiger partial charge < -0.3 is 16.0 Å². The quantitative estimate of drug-likeness (QED) is 0.489. The summed E-state index contributed by atoms with van der Waals surface area (Å²) in [4.78, 5) is 21.8. The summed E-state index contributed by atoms with van der Waals surface area (Å²) in [7, 11) is 0. The number of anilines is 1. The molecule has 6 nitrogen and oxygen atoms in total.